The fourth-order valence-electron chi connectivity index (χ4n) is 4.32. The predicted molar refractivity (Wildman–Crippen MR) is 135 cm³/mol. The van der Waals surface area contributed by atoms with Gasteiger partial charge in [-0.2, -0.15) is 0 Å². The molecule has 1 aliphatic heterocycles. The quantitative estimate of drug-likeness (QED) is 0.503. The summed E-state index contributed by atoms with van der Waals surface area (Å²) in [6, 6.07) is 15.7. The first-order chi connectivity index (χ1) is 17.1. The number of nitrogens with zero attached hydrogens (tertiary/aromatic N) is 3. The number of rotatable bonds is 9. The number of hydrogen-bond donors (Lipinski definition) is 1. The molecular weight excluding hydrogens is 444 g/mol. The maximum absolute atomic E-state index is 12.7. The molecule has 0 unspecified atom stereocenters. The monoisotopic (exact) mass is 476 g/mol. The van der Waals surface area contributed by atoms with E-state index < -0.39 is 0 Å². The van der Waals surface area contributed by atoms with Gasteiger partial charge in [0.25, 0.3) is 0 Å². The van der Waals surface area contributed by atoms with Crippen molar-refractivity contribution in [3.8, 4) is 28.5 Å². The zero-order valence-electron chi connectivity index (χ0n) is 20.5. The molecule has 0 saturated carbocycles. The van der Waals surface area contributed by atoms with E-state index in [1.165, 1.54) is 0 Å². The molecule has 184 valence electrons. The van der Waals surface area contributed by atoms with Crippen molar-refractivity contribution in [2.75, 3.05) is 45.9 Å². The predicted octanol–water partition coefficient (Wildman–Crippen LogP) is 3.74. The Morgan fingerprint density at radius 2 is 1.69 bits per heavy atom. The molecule has 35 heavy (non-hydrogen) atoms. The number of aromatic nitrogens is 2. The Kier molecular flexibility index (Phi) is 8.03. The number of benzene rings is 2. The molecule has 0 bridgehead atoms. The minimum Gasteiger partial charge on any atom is -0.497 e. The summed E-state index contributed by atoms with van der Waals surface area (Å²) in [6.07, 6.45) is 3.93. The lowest BCUT2D eigenvalue weighted by Gasteiger charge is -2.32. The molecular formula is C27H32N4O4. The van der Waals surface area contributed by atoms with Crippen molar-refractivity contribution in [2.24, 2.45) is 5.92 Å². The Morgan fingerprint density at radius 1 is 0.943 bits per heavy atom. The highest BCUT2D eigenvalue weighted by molar-refractivity contribution is 5.79. The van der Waals surface area contributed by atoms with Gasteiger partial charge in [-0.1, -0.05) is 6.07 Å². The highest BCUT2D eigenvalue weighted by Gasteiger charge is 2.25. The highest BCUT2D eigenvalue weighted by Crippen LogP contribution is 2.28. The van der Waals surface area contributed by atoms with Crippen molar-refractivity contribution in [3.05, 3.63) is 60.4 Å². The number of carbonyl (C=O) groups excluding carboxylic acids is 1. The van der Waals surface area contributed by atoms with Crippen LogP contribution in [0, 0.1) is 5.92 Å². The lowest BCUT2D eigenvalue weighted by molar-refractivity contribution is -0.125. The van der Waals surface area contributed by atoms with Crippen LogP contribution in [-0.4, -0.2) is 56.8 Å². The molecule has 1 fully saturated rings. The minimum absolute atomic E-state index is 0.0135. The van der Waals surface area contributed by atoms with Gasteiger partial charge >= 0.3 is 0 Å². The SMILES string of the molecule is COc1ccc(-c2cc(N3CCC(C(=O)NCCc4ccc(OC)c(OC)c4)CC3)ncn2)cc1. The fourth-order valence-corrected chi connectivity index (χ4v) is 4.32. The smallest absolute Gasteiger partial charge is 0.223 e. The van der Waals surface area contributed by atoms with Gasteiger partial charge in [-0.25, -0.2) is 9.97 Å². The Hall–Kier alpha value is -3.81. The number of nitrogens with one attached hydrogen (secondary N) is 1. The van der Waals surface area contributed by atoms with Crippen LogP contribution in [0.25, 0.3) is 11.3 Å². The zero-order valence-corrected chi connectivity index (χ0v) is 20.5. The van der Waals surface area contributed by atoms with Crippen LogP contribution in [0.15, 0.2) is 54.9 Å². The molecule has 0 radical (unpaired) electrons. The van der Waals surface area contributed by atoms with Crippen LogP contribution in [0.2, 0.25) is 0 Å². The van der Waals surface area contributed by atoms with Crippen LogP contribution < -0.4 is 24.4 Å². The van der Waals surface area contributed by atoms with Gasteiger partial charge in [-0.15, -0.1) is 0 Å². The molecule has 1 aliphatic rings. The summed E-state index contributed by atoms with van der Waals surface area (Å²) in [5.74, 6) is 3.23. The first kappa shape index (κ1) is 24.3. The van der Waals surface area contributed by atoms with Crippen molar-refractivity contribution in [3.63, 3.8) is 0 Å². The summed E-state index contributed by atoms with van der Waals surface area (Å²) < 4.78 is 15.9. The van der Waals surface area contributed by atoms with Crippen LogP contribution in [0.4, 0.5) is 5.82 Å². The maximum Gasteiger partial charge on any atom is 0.223 e. The second kappa shape index (κ2) is 11.6. The number of hydrogen-bond acceptors (Lipinski definition) is 7. The van der Waals surface area contributed by atoms with E-state index in [1.54, 1.807) is 27.7 Å². The zero-order chi connectivity index (χ0) is 24.6. The normalized spacial score (nSPS) is 13.9. The first-order valence-electron chi connectivity index (χ1n) is 11.8. The van der Waals surface area contributed by atoms with E-state index in [0.29, 0.717) is 18.0 Å². The van der Waals surface area contributed by atoms with Gasteiger partial charge in [0.05, 0.1) is 27.0 Å². The molecule has 8 heteroatoms. The van der Waals surface area contributed by atoms with Gasteiger partial charge < -0.3 is 24.4 Å². The van der Waals surface area contributed by atoms with Crippen molar-refractivity contribution < 1.29 is 19.0 Å². The number of anilines is 1. The van der Waals surface area contributed by atoms with Crippen LogP contribution in [0.1, 0.15) is 18.4 Å². The molecule has 1 saturated heterocycles. The lowest BCUT2D eigenvalue weighted by atomic mass is 9.95. The Morgan fingerprint density at radius 3 is 2.37 bits per heavy atom. The molecule has 0 aliphatic carbocycles. The van der Waals surface area contributed by atoms with Gasteiger partial charge in [0.1, 0.15) is 17.9 Å². The van der Waals surface area contributed by atoms with E-state index in [2.05, 4.69) is 20.2 Å². The fraction of sp³-hybridized carbons (Fsp3) is 0.370. The minimum atomic E-state index is 0.0135. The molecule has 0 atom stereocenters. The summed E-state index contributed by atoms with van der Waals surface area (Å²) in [5, 5.41) is 3.10. The largest absolute Gasteiger partial charge is 0.497 e. The van der Waals surface area contributed by atoms with Crippen molar-refractivity contribution in [1.82, 2.24) is 15.3 Å². The van der Waals surface area contributed by atoms with E-state index in [9.17, 15) is 4.79 Å². The molecule has 1 amide bonds. The average Bonchev–Trinajstić information content (AvgIpc) is 2.93. The number of amides is 1. The number of methoxy groups -OCH3 is 3. The second-order valence-corrected chi connectivity index (χ2v) is 8.48. The van der Waals surface area contributed by atoms with Crippen molar-refractivity contribution in [2.45, 2.75) is 19.3 Å². The summed E-state index contributed by atoms with van der Waals surface area (Å²) in [7, 11) is 4.89. The Bertz CT molecular complexity index is 1130. The third-order valence-electron chi connectivity index (χ3n) is 6.39. The van der Waals surface area contributed by atoms with Gasteiger partial charge in [-0.3, -0.25) is 4.79 Å². The van der Waals surface area contributed by atoms with Crippen molar-refractivity contribution >= 4 is 11.7 Å². The first-order valence-corrected chi connectivity index (χ1v) is 11.8. The van der Waals surface area contributed by atoms with E-state index in [4.69, 9.17) is 14.2 Å². The molecule has 2 aromatic carbocycles. The van der Waals surface area contributed by atoms with Gasteiger partial charge in [-0.05, 0) is 61.2 Å². The standard InChI is InChI=1S/C27H32N4O4/c1-33-22-7-5-20(6-8-22)23-17-26(30-18-29-23)31-14-11-21(12-15-31)27(32)28-13-10-19-4-9-24(34-2)25(16-19)35-3/h4-9,16-18,21H,10-15H2,1-3H3,(H,28,32). The van der Waals surface area contributed by atoms with Crippen molar-refractivity contribution in [1.29, 1.82) is 0 Å². The lowest BCUT2D eigenvalue weighted by Crippen LogP contribution is -2.41. The Labute approximate surface area is 206 Å². The third-order valence-corrected chi connectivity index (χ3v) is 6.39. The van der Waals surface area contributed by atoms with Crippen LogP contribution >= 0.6 is 0 Å². The summed E-state index contributed by atoms with van der Waals surface area (Å²) in [6.45, 7) is 2.16. The maximum atomic E-state index is 12.7. The van der Waals surface area contributed by atoms with E-state index in [0.717, 1.165) is 60.7 Å². The van der Waals surface area contributed by atoms with Crippen LogP contribution in [-0.2, 0) is 11.2 Å². The summed E-state index contributed by atoms with van der Waals surface area (Å²) in [5.41, 5.74) is 2.97. The van der Waals surface area contributed by atoms with Crippen LogP contribution in [0.5, 0.6) is 17.2 Å². The third kappa shape index (κ3) is 6.01. The van der Waals surface area contributed by atoms with E-state index in [1.807, 2.05) is 48.5 Å². The number of piperidine rings is 1. The second-order valence-electron chi connectivity index (χ2n) is 8.48. The van der Waals surface area contributed by atoms with Gasteiger partial charge in [0.15, 0.2) is 11.5 Å². The highest BCUT2D eigenvalue weighted by atomic mass is 16.5. The topological polar surface area (TPSA) is 85.8 Å². The molecule has 4 rings (SSSR count). The van der Waals surface area contributed by atoms with Crippen LogP contribution in [0.3, 0.4) is 0 Å². The van der Waals surface area contributed by atoms with E-state index in [-0.39, 0.29) is 11.8 Å². The Balaban J connectivity index is 1.27. The summed E-state index contributed by atoms with van der Waals surface area (Å²) in [4.78, 5) is 23.9. The molecule has 2 heterocycles. The number of ether oxygens (including phenoxy) is 3. The molecule has 1 aromatic heterocycles. The van der Waals surface area contributed by atoms with Gasteiger partial charge in [0.2, 0.25) is 5.91 Å². The molecule has 8 nitrogen and oxygen atoms in total. The molecule has 1 N–H and O–H groups in total. The van der Waals surface area contributed by atoms with Gasteiger partial charge in [0, 0.05) is 37.2 Å². The van der Waals surface area contributed by atoms with E-state index >= 15 is 0 Å². The average molecular weight is 477 g/mol. The number of carbonyl (C=O) groups is 1. The summed E-state index contributed by atoms with van der Waals surface area (Å²) >= 11 is 0. The molecule has 0 spiro atoms. The molecule has 3 aromatic rings.